The van der Waals surface area contributed by atoms with Gasteiger partial charge in [-0.25, -0.2) is 4.68 Å². The molecule has 0 atom stereocenters. The van der Waals surface area contributed by atoms with E-state index in [9.17, 15) is 4.79 Å². The van der Waals surface area contributed by atoms with Gasteiger partial charge in [0, 0.05) is 13.2 Å². The van der Waals surface area contributed by atoms with Gasteiger partial charge in [-0.05, 0) is 38.5 Å². The van der Waals surface area contributed by atoms with Crippen molar-refractivity contribution in [2.45, 2.75) is 39.2 Å². The number of anilines is 1. The molecule has 1 aromatic rings. The Morgan fingerprint density at radius 2 is 2.26 bits per heavy atom. The molecule has 0 aromatic carbocycles. The van der Waals surface area contributed by atoms with Gasteiger partial charge in [-0.2, -0.15) is 5.10 Å². The van der Waals surface area contributed by atoms with E-state index in [-0.39, 0.29) is 28.6 Å². The second kappa shape index (κ2) is 5.51. The molecule has 5 nitrogen and oxygen atoms in total. The first-order valence-electron chi connectivity index (χ1n) is 6.61. The Labute approximate surface area is 117 Å². The fraction of sp³-hybridized carbons (Fsp3) is 0.692. The van der Waals surface area contributed by atoms with Gasteiger partial charge in [0.15, 0.2) is 0 Å². The van der Waals surface area contributed by atoms with Crippen molar-refractivity contribution in [2.75, 3.05) is 18.5 Å². The number of nitrogens with zero attached hydrogens (tertiary/aromatic N) is 2. The highest BCUT2D eigenvalue weighted by atomic mass is 35.5. The largest absolute Gasteiger partial charge is 0.396 e. The second-order valence-corrected chi connectivity index (χ2v) is 5.92. The number of aromatic nitrogens is 2. The summed E-state index contributed by atoms with van der Waals surface area (Å²) in [5.74, 6) is 0. The number of aliphatic hydroxyl groups is 1. The fourth-order valence-electron chi connectivity index (χ4n) is 2.15. The topological polar surface area (TPSA) is 67.2 Å². The SMILES string of the molecule is CC(C)n1ncc(NCC2(CCO)CC2)c(Cl)c1=O. The summed E-state index contributed by atoms with van der Waals surface area (Å²) in [4.78, 5) is 12.0. The van der Waals surface area contributed by atoms with Gasteiger partial charge in [0.2, 0.25) is 0 Å². The van der Waals surface area contributed by atoms with Crippen LogP contribution in [0.2, 0.25) is 5.02 Å². The maximum atomic E-state index is 12.0. The molecule has 0 aliphatic heterocycles. The van der Waals surface area contributed by atoms with E-state index in [1.54, 1.807) is 6.20 Å². The molecule has 0 spiro atoms. The molecule has 0 saturated heterocycles. The molecule has 0 bridgehead atoms. The standard InChI is InChI=1S/C13H20ClN3O2/c1-9(2)17-12(19)11(14)10(7-16-17)15-8-13(3-4-13)5-6-18/h7,9,15,18H,3-6,8H2,1-2H3. The summed E-state index contributed by atoms with van der Waals surface area (Å²) < 4.78 is 1.37. The van der Waals surface area contributed by atoms with E-state index >= 15 is 0 Å². The third-order valence-electron chi connectivity index (χ3n) is 3.69. The van der Waals surface area contributed by atoms with Gasteiger partial charge in [-0.3, -0.25) is 4.79 Å². The fourth-order valence-corrected chi connectivity index (χ4v) is 2.35. The van der Waals surface area contributed by atoms with Gasteiger partial charge in [0.25, 0.3) is 5.56 Å². The number of aliphatic hydroxyl groups excluding tert-OH is 1. The highest BCUT2D eigenvalue weighted by Gasteiger charge is 2.41. The average Bonchev–Trinajstić information content (AvgIpc) is 3.11. The van der Waals surface area contributed by atoms with Crippen LogP contribution in [0.1, 0.15) is 39.2 Å². The lowest BCUT2D eigenvalue weighted by atomic mass is 10.0. The lowest BCUT2D eigenvalue weighted by Gasteiger charge is -2.17. The number of halogens is 1. The maximum Gasteiger partial charge on any atom is 0.287 e. The van der Waals surface area contributed by atoms with Crippen molar-refractivity contribution in [2.24, 2.45) is 5.41 Å². The van der Waals surface area contributed by atoms with Crippen LogP contribution in [0.15, 0.2) is 11.0 Å². The first-order chi connectivity index (χ1) is 8.99. The highest BCUT2D eigenvalue weighted by molar-refractivity contribution is 6.32. The first kappa shape index (κ1) is 14.3. The molecule has 1 saturated carbocycles. The summed E-state index contributed by atoms with van der Waals surface area (Å²) in [5.41, 5.74) is 0.479. The van der Waals surface area contributed by atoms with Crippen molar-refractivity contribution in [3.8, 4) is 0 Å². The molecule has 0 unspecified atom stereocenters. The van der Waals surface area contributed by atoms with Crippen LogP contribution < -0.4 is 10.9 Å². The number of rotatable bonds is 6. The van der Waals surface area contributed by atoms with Crippen LogP contribution in [0.3, 0.4) is 0 Å². The molecule has 0 amide bonds. The van der Waals surface area contributed by atoms with Crippen LogP contribution in [0.4, 0.5) is 5.69 Å². The Bertz CT molecular complexity index is 509. The summed E-state index contributed by atoms with van der Waals surface area (Å²) >= 11 is 6.08. The van der Waals surface area contributed by atoms with E-state index in [1.165, 1.54) is 4.68 Å². The maximum absolute atomic E-state index is 12.0. The van der Waals surface area contributed by atoms with Crippen molar-refractivity contribution in [3.05, 3.63) is 21.6 Å². The molecule has 6 heteroatoms. The molecule has 1 aliphatic rings. The number of hydrogen-bond donors (Lipinski definition) is 2. The molecule has 2 N–H and O–H groups in total. The highest BCUT2D eigenvalue weighted by Crippen LogP contribution is 2.48. The Hall–Kier alpha value is -1.07. The summed E-state index contributed by atoms with van der Waals surface area (Å²) in [5, 5.41) is 16.5. The average molecular weight is 286 g/mol. The zero-order chi connectivity index (χ0) is 14.0. The minimum absolute atomic E-state index is 0.0109. The van der Waals surface area contributed by atoms with E-state index in [0.717, 1.165) is 25.8 Å². The smallest absolute Gasteiger partial charge is 0.287 e. The Morgan fingerprint density at radius 1 is 1.58 bits per heavy atom. The Morgan fingerprint density at radius 3 is 2.79 bits per heavy atom. The van der Waals surface area contributed by atoms with Crippen LogP contribution in [-0.2, 0) is 0 Å². The van der Waals surface area contributed by atoms with Gasteiger partial charge < -0.3 is 10.4 Å². The van der Waals surface area contributed by atoms with E-state index in [1.807, 2.05) is 13.8 Å². The van der Waals surface area contributed by atoms with Crippen LogP contribution in [0, 0.1) is 5.41 Å². The predicted octanol–water partition coefficient (Wildman–Crippen LogP) is 2.05. The van der Waals surface area contributed by atoms with Crippen molar-refractivity contribution in [1.29, 1.82) is 0 Å². The van der Waals surface area contributed by atoms with Crippen molar-refractivity contribution < 1.29 is 5.11 Å². The van der Waals surface area contributed by atoms with E-state index in [4.69, 9.17) is 16.7 Å². The minimum atomic E-state index is -0.270. The van der Waals surface area contributed by atoms with Crippen LogP contribution in [0.25, 0.3) is 0 Å². The zero-order valence-electron chi connectivity index (χ0n) is 11.3. The zero-order valence-corrected chi connectivity index (χ0v) is 12.1. The molecule has 2 rings (SSSR count). The van der Waals surface area contributed by atoms with Crippen molar-refractivity contribution in [3.63, 3.8) is 0 Å². The third kappa shape index (κ3) is 3.09. The molecule has 1 aliphatic carbocycles. The monoisotopic (exact) mass is 285 g/mol. The predicted molar refractivity (Wildman–Crippen MR) is 75.8 cm³/mol. The van der Waals surface area contributed by atoms with E-state index in [0.29, 0.717) is 5.69 Å². The normalized spacial score (nSPS) is 16.7. The van der Waals surface area contributed by atoms with Gasteiger partial charge in [-0.15, -0.1) is 0 Å². The van der Waals surface area contributed by atoms with Gasteiger partial charge in [-0.1, -0.05) is 11.6 Å². The van der Waals surface area contributed by atoms with Crippen LogP contribution in [0.5, 0.6) is 0 Å². The lowest BCUT2D eigenvalue weighted by molar-refractivity contribution is 0.253. The molecule has 1 fully saturated rings. The molecular weight excluding hydrogens is 266 g/mol. The van der Waals surface area contributed by atoms with Crippen molar-refractivity contribution in [1.82, 2.24) is 9.78 Å². The van der Waals surface area contributed by atoms with Gasteiger partial charge in [0.1, 0.15) is 5.02 Å². The molecule has 0 radical (unpaired) electrons. The molecule has 1 heterocycles. The van der Waals surface area contributed by atoms with E-state index < -0.39 is 0 Å². The Balaban J connectivity index is 2.10. The number of hydrogen-bond acceptors (Lipinski definition) is 4. The van der Waals surface area contributed by atoms with Crippen molar-refractivity contribution >= 4 is 17.3 Å². The van der Waals surface area contributed by atoms with E-state index in [2.05, 4.69) is 10.4 Å². The van der Waals surface area contributed by atoms with Gasteiger partial charge in [0.05, 0.1) is 17.9 Å². The molecule has 1 aromatic heterocycles. The molecular formula is C13H20ClN3O2. The summed E-state index contributed by atoms with van der Waals surface area (Å²) in [7, 11) is 0. The van der Waals surface area contributed by atoms with Crippen LogP contribution in [-0.4, -0.2) is 28.0 Å². The Kier molecular flexibility index (Phi) is 4.16. The lowest BCUT2D eigenvalue weighted by Crippen LogP contribution is -2.26. The summed E-state index contributed by atoms with van der Waals surface area (Å²) in [6.45, 7) is 4.69. The number of nitrogens with one attached hydrogen (secondary N) is 1. The van der Waals surface area contributed by atoms with Gasteiger partial charge >= 0.3 is 0 Å². The van der Waals surface area contributed by atoms with Crippen LogP contribution >= 0.6 is 11.6 Å². The molecule has 19 heavy (non-hydrogen) atoms. The molecule has 106 valence electrons. The minimum Gasteiger partial charge on any atom is -0.396 e. The summed E-state index contributed by atoms with van der Waals surface area (Å²) in [6, 6.07) is -0.0109. The quantitative estimate of drug-likeness (QED) is 0.839. The second-order valence-electron chi connectivity index (χ2n) is 5.54. The third-order valence-corrected chi connectivity index (χ3v) is 4.05. The summed E-state index contributed by atoms with van der Waals surface area (Å²) in [6.07, 6.45) is 4.59. The first-order valence-corrected chi connectivity index (χ1v) is 6.99.